The monoisotopic (exact) mass is 381 g/mol. The van der Waals surface area contributed by atoms with Gasteiger partial charge in [0.15, 0.2) is 0 Å². The van der Waals surface area contributed by atoms with Gasteiger partial charge in [-0.2, -0.15) is 5.10 Å². The van der Waals surface area contributed by atoms with Crippen LogP contribution in [-0.4, -0.2) is 16.3 Å². The maximum atomic E-state index is 12.0. The van der Waals surface area contributed by atoms with Crippen LogP contribution in [0.2, 0.25) is 0 Å². The Kier molecular flexibility index (Phi) is 4.05. The predicted octanol–water partition coefficient (Wildman–Crippen LogP) is 2.72. The third kappa shape index (κ3) is 3.59. The molecule has 2 aromatic rings. The maximum absolute atomic E-state index is 12.0. The lowest BCUT2D eigenvalue weighted by molar-refractivity contribution is 0.639. The number of nitrogens with one attached hydrogen (secondary N) is 1. The number of nitrogens with zero attached hydrogens (tertiary/aromatic N) is 2. The van der Waals surface area contributed by atoms with Crippen molar-refractivity contribution in [2.75, 3.05) is 11.9 Å². The van der Waals surface area contributed by atoms with Gasteiger partial charge >= 0.3 is 0 Å². The van der Waals surface area contributed by atoms with E-state index in [1.165, 1.54) is 21.1 Å². The molecule has 1 aromatic carbocycles. The van der Waals surface area contributed by atoms with Gasteiger partial charge in [0.25, 0.3) is 5.56 Å². The number of anilines is 1. The van der Waals surface area contributed by atoms with Crippen LogP contribution in [0.25, 0.3) is 0 Å². The molecular weight excluding hydrogens is 365 g/mol. The van der Waals surface area contributed by atoms with E-state index in [2.05, 4.69) is 33.0 Å². The molecule has 1 heterocycles. The molecule has 0 spiro atoms. The molecular formula is C15H16IN3O. The number of benzene rings is 1. The Hall–Kier alpha value is -1.37. The fourth-order valence-corrected chi connectivity index (χ4v) is 2.36. The normalized spacial score (nSPS) is 14.2. The van der Waals surface area contributed by atoms with Gasteiger partial charge in [0.05, 0.1) is 18.4 Å². The highest BCUT2D eigenvalue weighted by Gasteiger charge is 2.20. The molecule has 0 aliphatic heterocycles. The summed E-state index contributed by atoms with van der Waals surface area (Å²) in [5.74, 6) is 0.782. The van der Waals surface area contributed by atoms with Crippen LogP contribution in [0.4, 0.5) is 5.69 Å². The molecule has 20 heavy (non-hydrogen) atoms. The van der Waals surface area contributed by atoms with Gasteiger partial charge in [-0.15, -0.1) is 0 Å². The van der Waals surface area contributed by atoms with Crippen LogP contribution >= 0.6 is 22.6 Å². The zero-order chi connectivity index (χ0) is 13.9. The molecule has 1 aliphatic rings. The minimum atomic E-state index is -0.0654. The Morgan fingerprint density at radius 3 is 2.70 bits per heavy atom. The summed E-state index contributed by atoms with van der Waals surface area (Å²) in [4.78, 5) is 12.0. The molecule has 3 rings (SSSR count). The fourth-order valence-electron chi connectivity index (χ4n) is 2.00. The number of aromatic nitrogens is 2. The van der Waals surface area contributed by atoms with Crippen molar-refractivity contribution in [3.63, 3.8) is 0 Å². The van der Waals surface area contributed by atoms with Crippen molar-refractivity contribution in [3.05, 3.63) is 56.0 Å². The predicted molar refractivity (Wildman–Crippen MR) is 88.0 cm³/mol. The van der Waals surface area contributed by atoms with Gasteiger partial charge in [0.1, 0.15) is 0 Å². The molecule has 1 aromatic heterocycles. The largest absolute Gasteiger partial charge is 0.383 e. The molecule has 0 saturated heterocycles. The summed E-state index contributed by atoms with van der Waals surface area (Å²) in [5, 5.41) is 7.50. The average Bonchev–Trinajstić information content (AvgIpc) is 3.26. The molecule has 0 radical (unpaired) electrons. The van der Waals surface area contributed by atoms with Crippen molar-refractivity contribution in [1.82, 2.24) is 9.78 Å². The molecule has 1 fully saturated rings. The van der Waals surface area contributed by atoms with E-state index in [4.69, 9.17) is 0 Å². The lowest BCUT2D eigenvalue weighted by Gasteiger charge is -2.08. The van der Waals surface area contributed by atoms with E-state index in [0.29, 0.717) is 6.54 Å². The van der Waals surface area contributed by atoms with Crippen molar-refractivity contribution < 1.29 is 0 Å². The van der Waals surface area contributed by atoms with Crippen LogP contribution in [0.3, 0.4) is 0 Å². The smallest absolute Gasteiger partial charge is 0.269 e. The highest BCUT2D eigenvalue weighted by Crippen LogP contribution is 2.28. The Bertz CT molecular complexity index is 647. The number of hydrogen-bond donors (Lipinski definition) is 1. The Labute approximate surface area is 131 Å². The molecule has 104 valence electrons. The summed E-state index contributed by atoms with van der Waals surface area (Å²) in [6, 6.07) is 9.74. The van der Waals surface area contributed by atoms with Gasteiger partial charge in [-0.1, -0.05) is 12.1 Å². The van der Waals surface area contributed by atoms with Crippen molar-refractivity contribution in [2.45, 2.75) is 19.4 Å². The molecule has 4 nitrogen and oxygen atoms in total. The van der Waals surface area contributed by atoms with Gasteiger partial charge in [-0.3, -0.25) is 4.79 Å². The first kappa shape index (κ1) is 13.6. The van der Waals surface area contributed by atoms with Gasteiger partial charge in [0.2, 0.25) is 0 Å². The first-order valence-corrected chi connectivity index (χ1v) is 7.84. The summed E-state index contributed by atoms with van der Waals surface area (Å²) in [6.45, 7) is 1.46. The minimum absolute atomic E-state index is 0.0654. The van der Waals surface area contributed by atoms with Crippen molar-refractivity contribution in [2.24, 2.45) is 5.92 Å². The summed E-state index contributed by atoms with van der Waals surface area (Å²) in [6.07, 6.45) is 4.32. The first-order valence-electron chi connectivity index (χ1n) is 6.76. The Morgan fingerprint density at radius 1 is 1.30 bits per heavy atom. The highest BCUT2D eigenvalue weighted by atomic mass is 127. The van der Waals surface area contributed by atoms with E-state index in [0.717, 1.165) is 23.7 Å². The van der Waals surface area contributed by atoms with Crippen molar-refractivity contribution >= 4 is 28.3 Å². The first-order chi connectivity index (χ1) is 9.70. The third-order valence-electron chi connectivity index (χ3n) is 3.41. The van der Waals surface area contributed by atoms with Gasteiger partial charge in [-0.05, 0) is 59.0 Å². The summed E-state index contributed by atoms with van der Waals surface area (Å²) in [5.41, 5.74) is 1.84. The molecule has 0 atom stereocenters. The van der Waals surface area contributed by atoms with E-state index < -0.39 is 0 Å². The van der Waals surface area contributed by atoms with Crippen LogP contribution in [0, 0.1) is 9.49 Å². The van der Waals surface area contributed by atoms with E-state index in [1.54, 1.807) is 12.3 Å². The van der Waals surface area contributed by atoms with Crippen LogP contribution in [0.5, 0.6) is 0 Å². The minimum Gasteiger partial charge on any atom is -0.383 e. The van der Waals surface area contributed by atoms with Crippen LogP contribution in [0.15, 0.2) is 41.3 Å². The Balaban J connectivity index is 1.69. The second-order valence-electron chi connectivity index (χ2n) is 5.19. The van der Waals surface area contributed by atoms with Crippen molar-refractivity contribution in [3.8, 4) is 0 Å². The molecule has 1 saturated carbocycles. The summed E-state index contributed by atoms with van der Waals surface area (Å²) < 4.78 is 2.68. The molecule has 0 unspecified atom stereocenters. The zero-order valence-electron chi connectivity index (χ0n) is 11.1. The van der Waals surface area contributed by atoms with E-state index in [9.17, 15) is 4.79 Å². The summed E-state index contributed by atoms with van der Waals surface area (Å²) in [7, 11) is 0. The van der Waals surface area contributed by atoms with E-state index >= 15 is 0 Å². The standard InChI is InChI=1S/C15H16IN3O/c16-13-5-3-12(4-6-13)10-19-15(20)7-14(9-18-19)17-8-11-1-2-11/h3-7,9,11,17H,1-2,8,10H2. The quantitative estimate of drug-likeness (QED) is 0.811. The molecule has 1 aliphatic carbocycles. The third-order valence-corrected chi connectivity index (χ3v) is 4.13. The Morgan fingerprint density at radius 2 is 2.05 bits per heavy atom. The van der Waals surface area contributed by atoms with Crippen LogP contribution < -0.4 is 10.9 Å². The SMILES string of the molecule is O=c1cc(NCC2CC2)cnn1Cc1ccc(I)cc1. The second-order valence-corrected chi connectivity index (χ2v) is 6.44. The second kappa shape index (κ2) is 5.95. The van der Waals surface area contributed by atoms with Gasteiger partial charge < -0.3 is 5.32 Å². The van der Waals surface area contributed by atoms with E-state index in [-0.39, 0.29) is 5.56 Å². The zero-order valence-corrected chi connectivity index (χ0v) is 13.2. The lowest BCUT2D eigenvalue weighted by atomic mass is 10.2. The van der Waals surface area contributed by atoms with E-state index in [1.807, 2.05) is 24.3 Å². The molecule has 0 amide bonds. The number of rotatable bonds is 5. The van der Waals surface area contributed by atoms with Gasteiger partial charge in [0, 0.05) is 16.2 Å². The molecule has 0 bridgehead atoms. The van der Waals surface area contributed by atoms with Crippen molar-refractivity contribution in [1.29, 1.82) is 0 Å². The average molecular weight is 381 g/mol. The maximum Gasteiger partial charge on any atom is 0.269 e. The fraction of sp³-hybridized carbons (Fsp3) is 0.333. The summed E-state index contributed by atoms with van der Waals surface area (Å²) >= 11 is 2.27. The molecule has 1 N–H and O–H groups in total. The number of halogens is 1. The lowest BCUT2D eigenvalue weighted by Crippen LogP contribution is -2.23. The highest BCUT2D eigenvalue weighted by molar-refractivity contribution is 14.1. The molecule has 5 heteroatoms. The number of hydrogen-bond acceptors (Lipinski definition) is 3. The van der Waals surface area contributed by atoms with Crippen LogP contribution in [-0.2, 0) is 6.54 Å². The topological polar surface area (TPSA) is 46.9 Å². The van der Waals surface area contributed by atoms with Gasteiger partial charge in [-0.25, -0.2) is 4.68 Å². The van der Waals surface area contributed by atoms with Crippen LogP contribution in [0.1, 0.15) is 18.4 Å².